The van der Waals surface area contributed by atoms with Gasteiger partial charge in [-0.05, 0) is 52.7 Å². The Hall–Kier alpha value is -3.98. The summed E-state index contributed by atoms with van der Waals surface area (Å²) in [6, 6.07) is 24.1. The third-order valence-electron chi connectivity index (χ3n) is 9.15. The Labute approximate surface area is 296 Å². The summed E-state index contributed by atoms with van der Waals surface area (Å²) in [4.78, 5) is 29.3. The van der Waals surface area contributed by atoms with E-state index in [1.54, 1.807) is 16.8 Å². The number of fused-ring (bicyclic) bond motifs is 1. The molecule has 260 valence electrons. The predicted molar refractivity (Wildman–Crippen MR) is 197 cm³/mol. The molecule has 0 spiro atoms. The van der Waals surface area contributed by atoms with E-state index in [9.17, 15) is 9.59 Å². The van der Waals surface area contributed by atoms with Crippen molar-refractivity contribution in [2.24, 2.45) is 0 Å². The lowest BCUT2D eigenvalue weighted by Gasteiger charge is -2.32. The minimum atomic E-state index is -0.726. The lowest BCUT2D eigenvalue weighted by molar-refractivity contribution is -0.117. The van der Waals surface area contributed by atoms with E-state index in [-0.39, 0.29) is 11.8 Å². The fraction of sp³-hybridized carbons (Fsp3) is 0.475. The molecule has 4 aromatic rings. The molecule has 1 unspecified atom stereocenters. The van der Waals surface area contributed by atoms with Crippen molar-refractivity contribution in [2.75, 3.05) is 11.5 Å². The molecule has 0 saturated carbocycles. The van der Waals surface area contributed by atoms with Crippen LogP contribution in [0.2, 0.25) is 0 Å². The molecule has 9 heteroatoms. The van der Waals surface area contributed by atoms with Crippen LogP contribution in [-0.4, -0.2) is 38.6 Å². The summed E-state index contributed by atoms with van der Waals surface area (Å²) in [5, 5.41) is 12.0. The number of rotatable bonds is 22. The van der Waals surface area contributed by atoms with Crippen LogP contribution < -0.4 is 9.64 Å². The molecule has 49 heavy (non-hydrogen) atoms. The van der Waals surface area contributed by atoms with E-state index in [1.807, 2.05) is 66.7 Å². The van der Waals surface area contributed by atoms with Crippen molar-refractivity contribution < 1.29 is 14.3 Å². The molecule has 2 heterocycles. The Kier molecular flexibility index (Phi) is 14.7. The topological polar surface area (TPSA) is 90.2 Å². The molecule has 0 radical (unpaired) electrons. The monoisotopic (exact) mass is 681 g/mol. The fourth-order valence-corrected chi connectivity index (χ4v) is 7.49. The summed E-state index contributed by atoms with van der Waals surface area (Å²) in [5.41, 5.74) is 2.36. The number of ether oxygens (including phenoxy) is 1. The van der Waals surface area contributed by atoms with E-state index in [1.165, 1.54) is 107 Å². The number of unbranched alkanes of at least 4 members (excludes halogenated alkanes) is 15. The summed E-state index contributed by atoms with van der Waals surface area (Å²) in [6.07, 6.45) is 21.0. The number of benzene rings is 3. The second-order valence-electron chi connectivity index (χ2n) is 12.9. The number of nitrogens with zero attached hydrogens (tertiary/aromatic N) is 5. The Morgan fingerprint density at radius 3 is 1.92 bits per heavy atom. The molecule has 2 amide bonds. The maximum Gasteiger partial charge on any atom is 0.265 e. The lowest BCUT2D eigenvalue weighted by Crippen LogP contribution is -2.44. The predicted octanol–water partition coefficient (Wildman–Crippen LogP) is 10.3. The van der Waals surface area contributed by atoms with Gasteiger partial charge >= 0.3 is 0 Å². The standard InChI is InChI=1S/C40H51N5O3S/c1-2-3-4-5-6-7-8-9-10-11-12-13-14-15-16-24-31-48-36-30-23-22-29-35(36)44-38(46)34-28-21-20-27-33(34)37(39(44)47)49-40-41-42-43-45(40)32-25-18-17-19-26-32/h17-23,25-30,37H,2-16,24,31H2,1H3. The smallest absolute Gasteiger partial charge is 0.265 e. The van der Waals surface area contributed by atoms with Gasteiger partial charge in [0.15, 0.2) is 0 Å². The molecular formula is C40H51N5O3S. The minimum absolute atomic E-state index is 0.352. The van der Waals surface area contributed by atoms with Gasteiger partial charge < -0.3 is 4.74 Å². The highest BCUT2D eigenvalue weighted by molar-refractivity contribution is 8.00. The van der Waals surface area contributed by atoms with Crippen LogP contribution in [0.3, 0.4) is 0 Å². The number of tetrazole rings is 1. The molecule has 1 aromatic heterocycles. The van der Waals surface area contributed by atoms with E-state index in [2.05, 4.69) is 22.4 Å². The van der Waals surface area contributed by atoms with Crippen LogP contribution in [0.25, 0.3) is 5.69 Å². The van der Waals surface area contributed by atoms with Gasteiger partial charge in [-0.15, -0.1) is 5.10 Å². The number of hydrogen-bond acceptors (Lipinski definition) is 7. The lowest BCUT2D eigenvalue weighted by atomic mass is 9.97. The highest BCUT2D eigenvalue weighted by Gasteiger charge is 2.42. The zero-order valence-corrected chi connectivity index (χ0v) is 29.8. The summed E-state index contributed by atoms with van der Waals surface area (Å²) in [7, 11) is 0. The van der Waals surface area contributed by atoms with Gasteiger partial charge in [-0.3, -0.25) is 9.59 Å². The van der Waals surface area contributed by atoms with Crippen LogP contribution >= 0.6 is 11.8 Å². The van der Waals surface area contributed by atoms with E-state index in [0.29, 0.717) is 34.3 Å². The Morgan fingerprint density at radius 1 is 0.673 bits per heavy atom. The van der Waals surface area contributed by atoms with Crippen LogP contribution in [-0.2, 0) is 4.79 Å². The molecular weight excluding hydrogens is 631 g/mol. The maximum atomic E-state index is 14.2. The minimum Gasteiger partial charge on any atom is -0.491 e. The third-order valence-corrected chi connectivity index (χ3v) is 10.3. The van der Waals surface area contributed by atoms with E-state index in [4.69, 9.17) is 4.74 Å². The maximum absolute atomic E-state index is 14.2. The Bertz CT molecular complexity index is 1590. The van der Waals surface area contributed by atoms with Crippen LogP contribution in [0, 0.1) is 0 Å². The highest BCUT2D eigenvalue weighted by atomic mass is 32.2. The summed E-state index contributed by atoms with van der Waals surface area (Å²) in [6.45, 7) is 2.81. The van der Waals surface area contributed by atoms with E-state index < -0.39 is 5.25 Å². The van der Waals surface area contributed by atoms with Gasteiger partial charge in [0.1, 0.15) is 11.0 Å². The molecule has 0 aliphatic carbocycles. The van der Waals surface area contributed by atoms with Crippen LogP contribution in [0.4, 0.5) is 5.69 Å². The number of para-hydroxylation sites is 3. The Morgan fingerprint density at radius 2 is 1.24 bits per heavy atom. The van der Waals surface area contributed by atoms with Crippen LogP contribution in [0.15, 0.2) is 84.0 Å². The van der Waals surface area contributed by atoms with Crippen molar-refractivity contribution >= 4 is 29.3 Å². The first kappa shape index (κ1) is 36.3. The summed E-state index contributed by atoms with van der Waals surface area (Å²) >= 11 is 1.23. The zero-order valence-electron chi connectivity index (χ0n) is 29.0. The van der Waals surface area contributed by atoms with Gasteiger partial charge in [-0.25, -0.2) is 4.90 Å². The van der Waals surface area contributed by atoms with Gasteiger partial charge in [-0.2, -0.15) is 4.68 Å². The molecule has 3 aromatic carbocycles. The quantitative estimate of drug-likeness (QED) is 0.0602. The number of aromatic nitrogens is 4. The van der Waals surface area contributed by atoms with Crippen molar-refractivity contribution in [3.63, 3.8) is 0 Å². The van der Waals surface area contributed by atoms with Crippen molar-refractivity contribution in [3.05, 3.63) is 90.0 Å². The van der Waals surface area contributed by atoms with Crippen molar-refractivity contribution in [1.82, 2.24) is 20.2 Å². The molecule has 0 saturated heterocycles. The zero-order chi connectivity index (χ0) is 34.1. The number of carbonyl (C=O) groups excluding carboxylic acids is 2. The van der Waals surface area contributed by atoms with Gasteiger partial charge in [-0.1, -0.05) is 164 Å². The largest absolute Gasteiger partial charge is 0.491 e. The fourth-order valence-electron chi connectivity index (χ4n) is 6.42. The molecule has 1 aliphatic heterocycles. The van der Waals surface area contributed by atoms with Crippen molar-refractivity contribution in [2.45, 2.75) is 120 Å². The Balaban J connectivity index is 1.10. The molecule has 1 atom stereocenters. The first-order chi connectivity index (χ1) is 24.2. The summed E-state index contributed by atoms with van der Waals surface area (Å²) in [5.74, 6) is -0.184. The molecule has 5 rings (SSSR count). The van der Waals surface area contributed by atoms with Gasteiger partial charge in [0.25, 0.3) is 11.8 Å². The normalized spacial score (nSPS) is 14.3. The molecule has 0 bridgehead atoms. The highest BCUT2D eigenvalue weighted by Crippen LogP contribution is 2.44. The first-order valence-electron chi connectivity index (χ1n) is 18.4. The summed E-state index contributed by atoms with van der Waals surface area (Å²) < 4.78 is 7.83. The average Bonchev–Trinajstić information content (AvgIpc) is 3.61. The second kappa shape index (κ2) is 19.9. The van der Waals surface area contributed by atoms with Gasteiger partial charge in [0.2, 0.25) is 5.16 Å². The molecule has 0 fully saturated rings. The number of amides is 2. The average molecular weight is 682 g/mol. The number of carbonyl (C=O) groups is 2. The van der Waals surface area contributed by atoms with Crippen molar-refractivity contribution in [3.8, 4) is 11.4 Å². The number of imide groups is 1. The molecule has 0 N–H and O–H groups in total. The SMILES string of the molecule is CCCCCCCCCCCCCCCCCCOc1ccccc1N1C(=O)c2ccccc2C(Sc2nnnn2-c2ccccc2)C1=O. The van der Waals surface area contributed by atoms with Crippen LogP contribution in [0.1, 0.15) is 131 Å². The number of thioether (sulfide) groups is 1. The second-order valence-corrected chi connectivity index (χ2v) is 14.0. The van der Waals surface area contributed by atoms with E-state index in [0.717, 1.165) is 18.5 Å². The van der Waals surface area contributed by atoms with Gasteiger partial charge in [0, 0.05) is 5.56 Å². The third kappa shape index (κ3) is 10.3. The van der Waals surface area contributed by atoms with Crippen molar-refractivity contribution in [1.29, 1.82) is 0 Å². The number of hydrogen-bond donors (Lipinski definition) is 0. The van der Waals surface area contributed by atoms with Crippen LogP contribution in [0.5, 0.6) is 5.75 Å². The first-order valence-corrected chi connectivity index (χ1v) is 19.3. The van der Waals surface area contributed by atoms with Gasteiger partial charge in [0.05, 0.1) is 18.0 Å². The van der Waals surface area contributed by atoms with E-state index >= 15 is 0 Å². The number of anilines is 1. The molecule has 8 nitrogen and oxygen atoms in total. The molecule has 1 aliphatic rings.